The van der Waals surface area contributed by atoms with E-state index in [9.17, 15) is 9.59 Å². The number of aliphatic imine (C=N–C) groups is 2. The zero-order valence-corrected chi connectivity index (χ0v) is 14.7. The fraction of sp³-hybridized carbons (Fsp3) is 0.400. The third-order valence-electron chi connectivity index (χ3n) is 3.44. The second-order valence-electron chi connectivity index (χ2n) is 4.98. The smallest absolute Gasteiger partial charge is 0.331 e. The van der Waals surface area contributed by atoms with Crippen molar-refractivity contribution in [3.8, 4) is 0 Å². The Hall–Kier alpha value is -1.87. The number of carbonyl (C=O) groups excluding carboxylic acids is 2. The quantitative estimate of drug-likeness (QED) is 0.739. The number of rotatable bonds is 4. The van der Waals surface area contributed by atoms with Crippen molar-refractivity contribution in [1.82, 2.24) is 4.98 Å². The van der Waals surface area contributed by atoms with E-state index >= 15 is 0 Å². The molecule has 2 aliphatic heterocycles. The van der Waals surface area contributed by atoms with Gasteiger partial charge in [-0.05, 0) is 12.1 Å². The first kappa shape index (κ1) is 17.0. The Morgan fingerprint density at radius 3 is 1.83 bits per heavy atom. The van der Waals surface area contributed by atoms with Crippen molar-refractivity contribution < 1.29 is 19.1 Å². The van der Waals surface area contributed by atoms with Crippen LogP contribution in [0.25, 0.3) is 0 Å². The van der Waals surface area contributed by atoms with Crippen LogP contribution in [0.4, 0.5) is 0 Å². The summed E-state index contributed by atoms with van der Waals surface area (Å²) in [7, 11) is 2.71. The van der Waals surface area contributed by atoms with Crippen LogP contribution in [0.15, 0.2) is 28.2 Å². The van der Waals surface area contributed by atoms with Gasteiger partial charge in [0.1, 0.15) is 10.1 Å². The highest BCUT2D eigenvalue weighted by Gasteiger charge is 2.29. The fourth-order valence-electron chi connectivity index (χ4n) is 2.21. The molecule has 3 rings (SSSR count). The molecular weight excluding hydrogens is 350 g/mol. The first-order valence-corrected chi connectivity index (χ1v) is 9.14. The highest BCUT2D eigenvalue weighted by molar-refractivity contribution is 8.15. The summed E-state index contributed by atoms with van der Waals surface area (Å²) in [6.07, 6.45) is 0. The van der Waals surface area contributed by atoms with Crippen LogP contribution in [0.5, 0.6) is 0 Å². The SMILES string of the molecule is COC(=O)[C@@H]1CSC(c2cccc(C3=N[C@H](C(=O)OC)CS3)n2)=N1. The Balaban J connectivity index is 1.81. The zero-order chi connectivity index (χ0) is 17.1. The topological polar surface area (TPSA) is 90.2 Å². The molecule has 0 radical (unpaired) electrons. The monoisotopic (exact) mass is 365 g/mol. The fourth-order valence-corrected chi connectivity index (χ4v) is 4.19. The minimum absolute atomic E-state index is 0.342. The maximum atomic E-state index is 11.6. The summed E-state index contributed by atoms with van der Waals surface area (Å²) in [4.78, 5) is 36.5. The Bertz CT molecular complexity index is 678. The number of hydrogen-bond acceptors (Lipinski definition) is 9. The maximum Gasteiger partial charge on any atom is 0.331 e. The normalized spacial score (nSPS) is 22.8. The van der Waals surface area contributed by atoms with E-state index in [-0.39, 0.29) is 11.9 Å². The molecule has 2 aliphatic rings. The highest BCUT2D eigenvalue weighted by Crippen LogP contribution is 2.26. The van der Waals surface area contributed by atoms with Crippen molar-refractivity contribution in [3.05, 3.63) is 29.6 Å². The molecule has 0 aliphatic carbocycles. The lowest BCUT2D eigenvalue weighted by atomic mass is 10.3. The van der Waals surface area contributed by atoms with Crippen molar-refractivity contribution >= 4 is 45.5 Å². The van der Waals surface area contributed by atoms with Crippen LogP contribution < -0.4 is 0 Å². The summed E-state index contributed by atoms with van der Waals surface area (Å²) in [5, 5.41) is 1.42. The van der Waals surface area contributed by atoms with E-state index in [2.05, 4.69) is 15.0 Å². The molecule has 24 heavy (non-hydrogen) atoms. The zero-order valence-electron chi connectivity index (χ0n) is 13.1. The molecule has 0 saturated heterocycles. The van der Waals surface area contributed by atoms with E-state index in [1.165, 1.54) is 37.7 Å². The second-order valence-corrected chi connectivity index (χ2v) is 6.99. The lowest BCUT2D eigenvalue weighted by molar-refractivity contribution is -0.142. The summed E-state index contributed by atoms with van der Waals surface area (Å²) in [5.41, 5.74) is 1.38. The number of esters is 2. The van der Waals surface area contributed by atoms with Crippen LogP contribution in [0.2, 0.25) is 0 Å². The molecule has 0 N–H and O–H groups in total. The summed E-state index contributed by atoms with van der Waals surface area (Å²) in [6.45, 7) is 0. The van der Waals surface area contributed by atoms with Crippen molar-refractivity contribution in [1.29, 1.82) is 0 Å². The van der Waals surface area contributed by atoms with Crippen LogP contribution in [-0.4, -0.2) is 64.8 Å². The van der Waals surface area contributed by atoms with Gasteiger partial charge in [-0.15, -0.1) is 23.5 Å². The molecule has 7 nitrogen and oxygen atoms in total. The largest absolute Gasteiger partial charge is 0.467 e. The van der Waals surface area contributed by atoms with Crippen LogP contribution in [0, 0.1) is 0 Å². The molecule has 0 bridgehead atoms. The van der Waals surface area contributed by atoms with Crippen LogP contribution in [-0.2, 0) is 19.1 Å². The first-order valence-electron chi connectivity index (χ1n) is 7.17. The third-order valence-corrected chi connectivity index (χ3v) is 5.58. The Labute approximate surface area is 147 Å². The molecule has 1 aromatic heterocycles. The average molecular weight is 365 g/mol. The van der Waals surface area contributed by atoms with Crippen LogP contribution in [0.3, 0.4) is 0 Å². The molecule has 126 valence electrons. The predicted octanol–water partition coefficient (Wildman–Crippen LogP) is 1.15. The van der Waals surface area contributed by atoms with Gasteiger partial charge in [-0.25, -0.2) is 14.6 Å². The van der Waals surface area contributed by atoms with Gasteiger partial charge < -0.3 is 9.47 Å². The molecular formula is C15H15N3O4S2. The van der Waals surface area contributed by atoms with Crippen molar-refractivity contribution in [2.24, 2.45) is 9.98 Å². The van der Waals surface area contributed by atoms with Crippen LogP contribution >= 0.6 is 23.5 Å². The minimum Gasteiger partial charge on any atom is -0.467 e. The summed E-state index contributed by atoms with van der Waals surface area (Å²) < 4.78 is 9.44. The van der Waals surface area contributed by atoms with Gasteiger partial charge in [-0.2, -0.15) is 0 Å². The molecule has 0 aromatic carbocycles. The molecule has 0 amide bonds. The number of methoxy groups -OCH3 is 2. The standard InChI is InChI=1S/C15H15N3O4S2/c1-21-14(19)10-6-23-12(17-10)8-4-3-5-9(16-8)13-18-11(7-24-13)15(20)22-2/h3-5,10-11H,6-7H2,1-2H3/t10-,11-/m0/s1. The molecule has 2 atom stereocenters. The number of thioether (sulfide) groups is 2. The summed E-state index contributed by atoms with van der Waals surface area (Å²) in [6, 6.07) is 4.57. The van der Waals surface area contributed by atoms with E-state index in [1.54, 1.807) is 0 Å². The van der Waals surface area contributed by atoms with Gasteiger partial charge in [0.15, 0.2) is 12.1 Å². The average Bonchev–Trinajstić information content (AvgIpc) is 3.30. The maximum absolute atomic E-state index is 11.6. The molecule has 0 fully saturated rings. The van der Waals surface area contributed by atoms with Gasteiger partial charge in [0.25, 0.3) is 0 Å². The second kappa shape index (κ2) is 7.35. The van der Waals surface area contributed by atoms with E-state index in [0.717, 1.165) is 0 Å². The number of pyridine rings is 1. The molecule has 3 heterocycles. The van der Waals surface area contributed by atoms with Crippen LogP contribution in [0.1, 0.15) is 11.4 Å². The number of nitrogens with zero attached hydrogens (tertiary/aromatic N) is 3. The lowest BCUT2D eigenvalue weighted by Gasteiger charge is -2.03. The number of carbonyl (C=O) groups is 2. The Morgan fingerprint density at radius 1 is 0.958 bits per heavy atom. The van der Waals surface area contributed by atoms with Gasteiger partial charge >= 0.3 is 11.9 Å². The summed E-state index contributed by atoms with van der Waals surface area (Å²) in [5.74, 6) is 0.415. The molecule has 0 spiro atoms. The molecule has 9 heteroatoms. The number of aromatic nitrogens is 1. The van der Waals surface area contributed by atoms with E-state index < -0.39 is 12.1 Å². The van der Waals surface area contributed by atoms with Gasteiger partial charge in [-0.3, -0.25) is 9.98 Å². The Kier molecular flexibility index (Phi) is 5.20. The molecule has 0 unspecified atom stereocenters. The van der Waals surface area contributed by atoms with Gasteiger partial charge in [0.05, 0.1) is 25.6 Å². The van der Waals surface area contributed by atoms with Gasteiger partial charge in [0.2, 0.25) is 0 Å². The molecule has 0 saturated carbocycles. The third kappa shape index (κ3) is 3.46. The lowest BCUT2D eigenvalue weighted by Crippen LogP contribution is -2.19. The summed E-state index contributed by atoms with van der Waals surface area (Å²) >= 11 is 2.95. The van der Waals surface area contributed by atoms with Crippen molar-refractivity contribution in [2.75, 3.05) is 25.7 Å². The van der Waals surface area contributed by atoms with Gasteiger partial charge in [-0.1, -0.05) is 6.07 Å². The van der Waals surface area contributed by atoms with Gasteiger partial charge in [0, 0.05) is 11.5 Å². The van der Waals surface area contributed by atoms with E-state index in [4.69, 9.17) is 9.47 Å². The van der Waals surface area contributed by atoms with Crippen molar-refractivity contribution in [2.45, 2.75) is 12.1 Å². The Morgan fingerprint density at radius 2 is 1.42 bits per heavy atom. The first-order chi connectivity index (χ1) is 11.6. The number of hydrogen-bond donors (Lipinski definition) is 0. The highest BCUT2D eigenvalue weighted by atomic mass is 32.2. The predicted molar refractivity (Wildman–Crippen MR) is 93.8 cm³/mol. The van der Waals surface area contributed by atoms with E-state index in [0.29, 0.717) is 33.0 Å². The van der Waals surface area contributed by atoms with E-state index in [1.807, 2.05) is 18.2 Å². The molecule has 1 aromatic rings. The minimum atomic E-state index is -0.484. The van der Waals surface area contributed by atoms with Crippen molar-refractivity contribution in [3.63, 3.8) is 0 Å². The number of ether oxygens (including phenoxy) is 2.